The number of carbonyl (C=O) groups excluding carboxylic acids is 1. The van der Waals surface area contributed by atoms with Gasteiger partial charge in [-0.3, -0.25) is 19.6 Å². The number of hydrogen-bond acceptors (Lipinski definition) is 5. The number of aromatic nitrogens is 2. The van der Waals surface area contributed by atoms with Crippen LogP contribution < -0.4 is 5.32 Å². The topological polar surface area (TPSA) is 112 Å². The van der Waals surface area contributed by atoms with E-state index in [1.54, 1.807) is 12.3 Å². The Hall–Kier alpha value is -2.48. The van der Waals surface area contributed by atoms with Gasteiger partial charge in [-0.15, -0.1) is 0 Å². The minimum absolute atomic E-state index is 0.0228. The van der Waals surface area contributed by atoms with E-state index in [0.717, 1.165) is 11.6 Å². The van der Waals surface area contributed by atoms with E-state index in [0.29, 0.717) is 16.6 Å². The lowest BCUT2D eigenvalue weighted by Crippen LogP contribution is -2.29. The molecule has 1 fully saturated rings. The number of aromatic hydroxyl groups is 1. The van der Waals surface area contributed by atoms with Crippen LogP contribution in [-0.4, -0.2) is 48.1 Å². The molecule has 0 spiro atoms. The standard InChI is InChI=1S/C13H13N3O4Si/c17-7-3-6(8-5-21-8)11-12(15-2-1-14-11)10(7)13(20)16-4-9(18)19/h1-3,8,17H,4-5,21H2,(H,16,20)(H,18,19). The number of carboxylic acids is 1. The summed E-state index contributed by atoms with van der Waals surface area (Å²) in [7, 11) is -0.131. The third kappa shape index (κ3) is 2.57. The van der Waals surface area contributed by atoms with Crippen molar-refractivity contribution in [1.29, 1.82) is 0 Å². The maximum absolute atomic E-state index is 12.1. The second-order valence-corrected chi connectivity index (χ2v) is 7.10. The largest absolute Gasteiger partial charge is 0.507 e. The van der Waals surface area contributed by atoms with Crippen LogP contribution in [0.2, 0.25) is 6.04 Å². The smallest absolute Gasteiger partial charge is 0.322 e. The maximum Gasteiger partial charge on any atom is 0.322 e. The Kier molecular flexibility index (Phi) is 3.30. The normalized spacial score (nSPS) is 17.8. The summed E-state index contributed by atoms with van der Waals surface area (Å²) in [5, 5.41) is 21.0. The zero-order valence-electron chi connectivity index (χ0n) is 11.0. The van der Waals surface area contributed by atoms with Crippen molar-refractivity contribution in [3.05, 3.63) is 29.6 Å². The second-order valence-electron chi connectivity index (χ2n) is 4.96. The molecule has 7 nitrogen and oxygen atoms in total. The summed E-state index contributed by atoms with van der Waals surface area (Å²) in [6.45, 7) is -0.517. The van der Waals surface area contributed by atoms with Crippen molar-refractivity contribution in [2.24, 2.45) is 0 Å². The first-order valence-electron chi connectivity index (χ1n) is 6.54. The van der Waals surface area contributed by atoms with Crippen molar-refractivity contribution in [2.45, 2.75) is 11.6 Å². The number of nitrogens with zero attached hydrogens (tertiary/aromatic N) is 2. The van der Waals surface area contributed by atoms with Crippen molar-refractivity contribution in [2.75, 3.05) is 6.54 Å². The first-order valence-corrected chi connectivity index (χ1v) is 8.36. The molecule has 1 saturated heterocycles. The molecule has 0 aliphatic carbocycles. The van der Waals surface area contributed by atoms with Crippen LogP contribution in [-0.2, 0) is 4.79 Å². The number of nitrogens with one attached hydrogen (secondary N) is 1. The van der Waals surface area contributed by atoms with Gasteiger partial charge in [0.25, 0.3) is 5.91 Å². The number of phenolic OH excluding ortho intramolecular Hbond substituents is 1. The van der Waals surface area contributed by atoms with Gasteiger partial charge in [-0.05, 0) is 17.2 Å². The highest BCUT2D eigenvalue weighted by atomic mass is 28.2. The molecular weight excluding hydrogens is 290 g/mol. The SMILES string of the molecule is O=C(O)CNC(=O)c1c(O)cc(C2C[SiH2]2)c2nccnc12. The molecule has 3 N–H and O–H groups in total. The van der Waals surface area contributed by atoms with Crippen molar-refractivity contribution in [3.63, 3.8) is 0 Å². The van der Waals surface area contributed by atoms with Gasteiger partial charge in [-0.2, -0.15) is 0 Å². The summed E-state index contributed by atoms with van der Waals surface area (Å²) in [5.74, 6) is -2.00. The summed E-state index contributed by atoms with van der Waals surface area (Å²) in [4.78, 5) is 31.0. The third-order valence-electron chi connectivity index (χ3n) is 3.40. The molecule has 2 aromatic rings. The molecule has 1 aromatic carbocycles. The number of carbonyl (C=O) groups is 2. The average Bonchev–Trinajstić information content (AvgIpc) is 3.28. The van der Waals surface area contributed by atoms with Crippen LogP contribution in [0.25, 0.3) is 11.0 Å². The highest BCUT2D eigenvalue weighted by Crippen LogP contribution is 2.39. The number of benzene rings is 1. The first-order chi connectivity index (χ1) is 10.1. The Balaban J connectivity index is 2.10. The number of fused-ring (bicyclic) bond motifs is 1. The number of amides is 1. The average molecular weight is 303 g/mol. The molecule has 1 aliphatic rings. The van der Waals surface area contributed by atoms with E-state index in [1.165, 1.54) is 6.20 Å². The number of aliphatic carboxylic acids is 1. The predicted molar refractivity (Wildman–Crippen MR) is 77.3 cm³/mol. The van der Waals surface area contributed by atoms with Crippen LogP contribution >= 0.6 is 0 Å². The minimum atomic E-state index is -1.15. The molecule has 0 saturated carbocycles. The van der Waals surface area contributed by atoms with E-state index < -0.39 is 18.4 Å². The number of hydrogen-bond donors (Lipinski definition) is 3. The maximum atomic E-state index is 12.1. The molecule has 1 aliphatic heterocycles. The molecule has 1 unspecified atom stereocenters. The van der Waals surface area contributed by atoms with Gasteiger partial charge >= 0.3 is 5.97 Å². The molecule has 0 bridgehead atoms. The Morgan fingerprint density at radius 3 is 2.62 bits per heavy atom. The van der Waals surface area contributed by atoms with Crippen LogP contribution in [0.1, 0.15) is 21.5 Å². The highest BCUT2D eigenvalue weighted by molar-refractivity contribution is 6.51. The van der Waals surface area contributed by atoms with E-state index >= 15 is 0 Å². The van der Waals surface area contributed by atoms with E-state index in [9.17, 15) is 14.7 Å². The molecule has 2 heterocycles. The van der Waals surface area contributed by atoms with Gasteiger partial charge in [0.2, 0.25) is 0 Å². The van der Waals surface area contributed by atoms with Gasteiger partial charge < -0.3 is 15.5 Å². The van der Waals surface area contributed by atoms with E-state index in [-0.39, 0.29) is 20.8 Å². The molecule has 21 heavy (non-hydrogen) atoms. The van der Waals surface area contributed by atoms with Gasteiger partial charge in [-0.1, -0.05) is 6.04 Å². The Labute approximate surface area is 121 Å². The zero-order chi connectivity index (χ0) is 15.0. The summed E-state index contributed by atoms with van der Waals surface area (Å²) in [6.07, 6.45) is 3.00. The van der Waals surface area contributed by atoms with E-state index in [2.05, 4.69) is 15.3 Å². The van der Waals surface area contributed by atoms with Gasteiger partial charge in [-0.25, -0.2) is 0 Å². The summed E-state index contributed by atoms with van der Waals surface area (Å²) < 4.78 is 0. The molecule has 8 heteroatoms. The molecule has 1 atom stereocenters. The fraction of sp³-hybridized carbons (Fsp3) is 0.231. The molecule has 1 amide bonds. The van der Waals surface area contributed by atoms with E-state index in [1.807, 2.05) is 0 Å². The second kappa shape index (κ2) is 5.13. The molecule has 1 aromatic heterocycles. The first kappa shape index (κ1) is 13.5. The van der Waals surface area contributed by atoms with Crippen LogP contribution in [0.15, 0.2) is 18.5 Å². The Morgan fingerprint density at radius 1 is 1.33 bits per heavy atom. The lowest BCUT2D eigenvalue weighted by molar-refractivity contribution is -0.135. The summed E-state index contributed by atoms with van der Waals surface area (Å²) >= 11 is 0. The van der Waals surface area contributed by atoms with Crippen molar-refractivity contribution in [3.8, 4) is 5.75 Å². The number of rotatable bonds is 4. The van der Waals surface area contributed by atoms with Crippen LogP contribution in [0, 0.1) is 0 Å². The highest BCUT2D eigenvalue weighted by Gasteiger charge is 2.30. The third-order valence-corrected chi connectivity index (χ3v) is 5.00. The number of carboxylic acid groups (broad SMARTS) is 1. The van der Waals surface area contributed by atoms with Gasteiger partial charge in [0.15, 0.2) is 0 Å². The van der Waals surface area contributed by atoms with Crippen LogP contribution in [0.4, 0.5) is 0 Å². The van der Waals surface area contributed by atoms with Crippen molar-refractivity contribution >= 4 is 32.4 Å². The van der Waals surface area contributed by atoms with Crippen molar-refractivity contribution in [1.82, 2.24) is 15.3 Å². The fourth-order valence-electron chi connectivity index (χ4n) is 2.32. The lowest BCUT2D eigenvalue weighted by atomic mass is 10.0. The quantitative estimate of drug-likeness (QED) is 0.674. The number of phenols is 1. The lowest BCUT2D eigenvalue weighted by Gasteiger charge is -2.11. The minimum Gasteiger partial charge on any atom is -0.507 e. The van der Waals surface area contributed by atoms with Crippen LogP contribution in [0.3, 0.4) is 0 Å². The predicted octanol–water partition coefficient (Wildman–Crippen LogP) is -0.208. The Bertz CT molecular complexity index is 746. The molecule has 0 radical (unpaired) electrons. The molecular formula is C13H13N3O4Si. The van der Waals surface area contributed by atoms with Gasteiger partial charge in [0.1, 0.15) is 23.4 Å². The fourth-order valence-corrected chi connectivity index (χ4v) is 3.41. The Morgan fingerprint density at radius 2 is 2.00 bits per heavy atom. The summed E-state index contributed by atoms with van der Waals surface area (Å²) in [6, 6.07) is 2.73. The van der Waals surface area contributed by atoms with Crippen LogP contribution in [0.5, 0.6) is 5.75 Å². The molecule has 3 rings (SSSR count). The monoisotopic (exact) mass is 303 g/mol. The zero-order valence-corrected chi connectivity index (χ0v) is 12.5. The summed E-state index contributed by atoms with van der Waals surface area (Å²) in [5.41, 5.74) is 2.33. The van der Waals surface area contributed by atoms with Gasteiger partial charge in [0, 0.05) is 21.9 Å². The van der Waals surface area contributed by atoms with Crippen molar-refractivity contribution < 1.29 is 19.8 Å². The molecule has 108 valence electrons. The van der Waals surface area contributed by atoms with E-state index in [4.69, 9.17) is 5.11 Å². The van der Waals surface area contributed by atoms with Gasteiger partial charge in [0.05, 0.1) is 5.52 Å².